The molecule has 0 fully saturated rings. The predicted octanol–water partition coefficient (Wildman–Crippen LogP) is 0.0582. The van der Waals surface area contributed by atoms with Crippen molar-refractivity contribution in [3.8, 4) is 0 Å². The van der Waals surface area contributed by atoms with Gasteiger partial charge in [-0.3, -0.25) is 6.08 Å². The van der Waals surface area contributed by atoms with Crippen LogP contribution in [0.4, 0.5) is 0 Å². The van der Waals surface area contributed by atoms with E-state index in [9.17, 15) is 0 Å². The SMILES string of the molecule is C=C/C=C(C)/C=C/C=[C-]C.[Na+]. The molecule has 0 rings (SSSR count). The van der Waals surface area contributed by atoms with Gasteiger partial charge in [-0.05, 0) is 6.92 Å². The molecule has 0 radical (unpaired) electrons. The average Bonchev–Trinajstić information content (AvgIpc) is 1.89. The summed E-state index contributed by atoms with van der Waals surface area (Å²) in [6.45, 7) is 7.49. The third-order valence-electron chi connectivity index (χ3n) is 1.00. The van der Waals surface area contributed by atoms with Gasteiger partial charge in [-0.1, -0.05) is 24.3 Å². The second-order valence-corrected chi connectivity index (χ2v) is 1.96. The van der Waals surface area contributed by atoms with Crippen molar-refractivity contribution in [2.75, 3.05) is 0 Å². The molecule has 0 bridgehead atoms. The molecule has 0 aromatic rings. The van der Waals surface area contributed by atoms with Gasteiger partial charge in [0, 0.05) is 0 Å². The Balaban J connectivity index is 0. The first-order valence-corrected chi connectivity index (χ1v) is 3.27. The summed E-state index contributed by atoms with van der Waals surface area (Å²) in [5.74, 6) is 0. The van der Waals surface area contributed by atoms with Crippen LogP contribution in [-0.2, 0) is 0 Å². The summed E-state index contributed by atoms with van der Waals surface area (Å²) in [5, 5.41) is 0. The molecule has 0 saturated heterocycles. The van der Waals surface area contributed by atoms with Crippen molar-refractivity contribution in [1.29, 1.82) is 0 Å². The standard InChI is InChI=1S/C10H13.Na/c1-4-6-7-9-10(3)8-5-2;/h5-9H,2H2,1,3H3;/q-1;+1/b9-7+,10-8+;. The number of hydrogen-bond acceptors (Lipinski definition) is 0. The molecule has 0 aliphatic rings. The zero-order valence-corrected chi connectivity index (χ0v) is 9.59. The maximum atomic E-state index is 3.59. The first kappa shape index (κ1) is 13.5. The van der Waals surface area contributed by atoms with E-state index in [1.54, 1.807) is 6.08 Å². The van der Waals surface area contributed by atoms with E-state index in [-0.39, 0.29) is 29.6 Å². The molecule has 0 spiro atoms. The first-order chi connectivity index (χ1) is 4.81. The van der Waals surface area contributed by atoms with E-state index in [4.69, 9.17) is 0 Å². The fraction of sp³-hybridized carbons (Fsp3) is 0.200. The Labute approximate surface area is 91.7 Å². The third kappa shape index (κ3) is 9.96. The minimum Gasteiger partial charge on any atom is -0.279 e. The molecule has 0 amide bonds. The van der Waals surface area contributed by atoms with E-state index >= 15 is 0 Å². The topological polar surface area (TPSA) is 0 Å². The van der Waals surface area contributed by atoms with E-state index in [1.807, 2.05) is 38.2 Å². The van der Waals surface area contributed by atoms with Crippen LogP contribution < -0.4 is 29.6 Å². The van der Waals surface area contributed by atoms with E-state index in [1.165, 1.54) is 5.57 Å². The molecule has 1 heteroatoms. The van der Waals surface area contributed by atoms with Crippen molar-refractivity contribution in [3.05, 3.63) is 48.6 Å². The van der Waals surface area contributed by atoms with Gasteiger partial charge in [-0.25, -0.2) is 12.2 Å². The molecule has 0 heterocycles. The molecule has 0 nitrogen and oxygen atoms in total. The summed E-state index contributed by atoms with van der Waals surface area (Å²) in [5.41, 5.74) is 1.20. The average molecular weight is 156 g/mol. The van der Waals surface area contributed by atoms with Crippen LogP contribution in [-0.4, -0.2) is 0 Å². The van der Waals surface area contributed by atoms with Crippen molar-refractivity contribution in [2.24, 2.45) is 0 Å². The molecule has 0 aromatic carbocycles. The van der Waals surface area contributed by atoms with E-state index in [2.05, 4.69) is 12.7 Å². The maximum absolute atomic E-state index is 3.59. The molecule has 0 atom stereocenters. The Hall–Kier alpha value is -0.0400. The van der Waals surface area contributed by atoms with Gasteiger partial charge < -0.3 is 0 Å². The molecule has 0 saturated carbocycles. The molecule has 0 aliphatic carbocycles. The monoisotopic (exact) mass is 156 g/mol. The summed E-state index contributed by atoms with van der Waals surface area (Å²) >= 11 is 0. The van der Waals surface area contributed by atoms with Gasteiger partial charge in [0.2, 0.25) is 0 Å². The summed E-state index contributed by atoms with van der Waals surface area (Å²) in [7, 11) is 0. The van der Waals surface area contributed by atoms with Gasteiger partial charge in [0.05, 0.1) is 0 Å². The zero-order chi connectivity index (χ0) is 7.82. The quantitative estimate of drug-likeness (QED) is 0.308. The summed E-state index contributed by atoms with van der Waals surface area (Å²) in [4.78, 5) is 0. The zero-order valence-electron chi connectivity index (χ0n) is 7.59. The molecule has 54 valence electrons. The number of hydrogen-bond donors (Lipinski definition) is 0. The second kappa shape index (κ2) is 9.96. The summed E-state index contributed by atoms with van der Waals surface area (Å²) in [6.07, 6.45) is 12.5. The molecule has 0 unspecified atom stereocenters. The van der Waals surface area contributed by atoms with Gasteiger partial charge in [-0.2, -0.15) is 0 Å². The Bertz CT molecular complexity index is 173. The number of allylic oxidation sites excluding steroid dienone is 7. The van der Waals surface area contributed by atoms with Crippen LogP contribution in [0.3, 0.4) is 0 Å². The molecule has 0 N–H and O–H groups in total. The Morgan fingerprint density at radius 3 is 2.55 bits per heavy atom. The normalized spacial score (nSPS) is 12.0. The van der Waals surface area contributed by atoms with E-state index in [0.29, 0.717) is 0 Å². The maximum Gasteiger partial charge on any atom is 1.00 e. The molecule has 11 heavy (non-hydrogen) atoms. The van der Waals surface area contributed by atoms with Crippen molar-refractivity contribution in [3.63, 3.8) is 0 Å². The Morgan fingerprint density at radius 2 is 2.09 bits per heavy atom. The van der Waals surface area contributed by atoms with Crippen LogP contribution in [0.5, 0.6) is 0 Å². The Morgan fingerprint density at radius 1 is 1.45 bits per heavy atom. The second-order valence-electron chi connectivity index (χ2n) is 1.96. The third-order valence-corrected chi connectivity index (χ3v) is 1.00. The van der Waals surface area contributed by atoms with Gasteiger partial charge >= 0.3 is 29.6 Å². The van der Waals surface area contributed by atoms with Crippen LogP contribution in [0.25, 0.3) is 0 Å². The minimum atomic E-state index is 0. The molecular weight excluding hydrogens is 143 g/mol. The van der Waals surface area contributed by atoms with Crippen molar-refractivity contribution in [1.82, 2.24) is 0 Å². The van der Waals surface area contributed by atoms with Gasteiger partial charge in [0.25, 0.3) is 0 Å². The van der Waals surface area contributed by atoms with Crippen LogP contribution in [0, 0.1) is 6.08 Å². The van der Waals surface area contributed by atoms with Crippen molar-refractivity contribution in [2.45, 2.75) is 13.8 Å². The fourth-order valence-corrected chi connectivity index (χ4v) is 0.538. The van der Waals surface area contributed by atoms with Gasteiger partial charge in [-0.15, -0.1) is 13.0 Å². The largest absolute Gasteiger partial charge is 1.00 e. The summed E-state index contributed by atoms with van der Waals surface area (Å²) in [6, 6.07) is 0. The first-order valence-electron chi connectivity index (χ1n) is 3.27. The van der Waals surface area contributed by atoms with Crippen LogP contribution in [0.15, 0.2) is 42.5 Å². The molecule has 0 aliphatic heterocycles. The fourth-order valence-electron chi connectivity index (χ4n) is 0.538. The van der Waals surface area contributed by atoms with E-state index < -0.39 is 0 Å². The van der Waals surface area contributed by atoms with Crippen molar-refractivity contribution < 1.29 is 29.6 Å². The predicted molar refractivity (Wildman–Crippen MR) is 46.6 cm³/mol. The molecular formula is C10H13Na. The minimum absolute atomic E-state index is 0. The van der Waals surface area contributed by atoms with Gasteiger partial charge in [0.1, 0.15) is 0 Å². The molecule has 0 aromatic heterocycles. The van der Waals surface area contributed by atoms with Crippen LogP contribution in [0.2, 0.25) is 0 Å². The van der Waals surface area contributed by atoms with Gasteiger partial charge in [0.15, 0.2) is 0 Å². The van der Waals surface area contributed by atoms with Crippen molar-refractivity contribution >= 4 is 0 Å². The number of rotatable bonds is 3. The Kier molecular flexibility index (Phi) is 12.3. The van der Waals surface area contributed by atoms with Crippen LogP contribution in [0.1, 0.15) is 13.8 Å². The summed E-state index contributed by atoms with van der Waals surface area (Å²) < 4.78 is 0. The van der Waals surface area contributed by atoms with Crippen LogP contribution >= 0.6 is 0 Å². The smallest absolute Gasteiger partial charge is 0.279 e. The van der Waals surface area contributed by atoms with E-state index in [0.717, 1.165) is 0 Å².